The molecule has 1 saturated heterocycles. The average molecular weight is 604 g/mol. The fourth-order valence-corrected chi connectivity index (χ4v) is 5.56. The number of hydrogen-bond acceptors (Lipinski definition) is 7. The van der Waals surface area contributed by atoms with E-state index in [1.165, 1.54) is 18.2 Å². The quantitative estimate of drug-likeness (QED) is 0.318. The van der Waals surface area contributed by atoms with Gasteiger partial charge in [0.2, 0.25) is 0 Å². The molecule has 232 valence electrons. The Labute approximate surface area is 255 Å². The molecule has 0 unspecified atom stereocenters. The third-order valence-corrected chi connectivity index (χ3v) is 7.89. The van der Waals surface area contributed by atoms with E-state index < -0.39 is 5.82 Å². The van der Waals surface area contributed by atoms with Crippen molar-refractivity contribution >= 4 is 17.8 Å². The Morgan fingerprint density at radius 2 is 1.82 bits per heavy atom. The van der Waals surface area contributed by atoms with E-state index in [4.69, 9.17) is 0 Å². The van der Waals surface area contributed by atoms with Gasteiger partial charge in [-0.25, -0.2) is 9.18 Å². The first-order valence-electron chi connectivity index (χ1n) is 14.7. The van der Waals surface area contributed by atoms with E-state index in [1.54, 1.807) is 38.9 Å². The van der Waals surface area contributed by atoms with Gasteiger partial charge in [0.1, 0.15) is 23.1 Å². The molecule has 0 saturated carbocycles. The molecule has 12 heteroatoms. The van der Waals surface area contributed by atoms with Crippen molar-refractivity contribution in [3.63, 3.8) is 0 Å². The van der Waals surface area contributed by atoms with Crippen molar-refractivity contribution in [1.29, 1.82) is 0 Å². The number of allylic oxidation sites excluding steroid dienone is 3. The van der Waals surface area contributed by atoms with Crippen molar-refractivity contribution in [2.24, 2.45) is 7.05 Å². The van der Waals surface area contributed by atoms with Gasteiger partial charge in [0, 0.05) is 74.8 Å². The second kappa shape index (κ2) is 13.2. The molecule has 4 N–H and O–H groups in total. The summed E-state index contributed by atoms with van der Waals surface area (Å²) in [5.74, 6) is -0.0831. The number of anilines is 1. The molecule has 2 aliphatic rings. The minimum atomic E-state index is -0.572. The lowest BCUT2D eigenvalue weighted by atomic mass is 10.1. The van der Waals surface area contributed by atoms with Gasteiger partial charge in [-0.2, -0.15) is 5.10 Å². The van der Waals surface area contributed by atoms with Crippen molar-refractivity contribution in [3.8, 4) is 11.5 Å². The summed E-state index contributed by atoms with van der Waals surface area (Å²) >= 11 is 0. The molecule has 3 amide bonds. The fraction of sp³-hybridized carbons (Fsp3) is 0.344. The van der Waals surface area contributed by atoms with Gasteiger partial charge in [-0.15, -0.1) is 0 Å². The Hall–Kier alpha value is -4.84. The Balaban J connectivity index is 1.21. The number of aryl methyl sites for hydroxylation is 1. The minimum absolute atomic E-state index is 0.00563. The molecule has 2 aromatic carbocycles. The van der Waals surface area contributed by atoms with Crippen LogP contribution in [0.5, 0.6) is 11.5 Å². The highest BCUT2D eigenvalue weighted by Gasteiger charge is 2.28. The maximum atomic E-state index is 15.3. The summed E-state index contributed by atoms with van der Waals surface area (Å²) in [4.78, 5) is 32.0. The van der Waals surface area contributed by atoms with Crippen molar-refractivity contribution in [3.05, 3.63) is 94.2 Å². The van der Waals surface area contributed by atoms with E-state index >= 15 is 4.39 Å². The highest BCUT2D eigenvalue weighted by Crippen LogP contribution is 2.30. The monoisotopic (exact) mass is 603 g/mol. The van der Waals surface area contributed by atoms with Crippen LogP contribution in [0.25, 0.3) is 0 Å². The van der Waals surface area contributed by atoms with E-state index in [0.717, 1.165) is 22.6 Å². The first-order valence-corrected chi connectivity index (χ1v) is 14.7. The van der Waals surface area contributed by atoms with Crippen LogP contribution in [0.1, 0.15) is 47.3 Å². The third kappa shape index (κ3) is 6.70. The van der Waals surface area contributed by atoms with E-state index in [9.17, 15) is 19.8 Å². The van der Waals surface area contributed by atoms with Gasteiger partial charge >= 0.3 is 6.03 Å². The zero-order valence-corrected chi connectivity index (χ0v) is 25.2. The number of halogens is 1. The number of phenols is 2. The van der Waals surface area contributed by atoms with Crippen LogP contribution in [0.4, 0.5) is 15.0 Å². The number of nitrogens with zero attached hydrogens (tertiary/aromatic N) is 5. The number of amides is 3. The number of hydrogen-bond donors (Lipinski definition) is 4. The van der Waals surface area contributed by atoms with Crippen LogP contribution in [-0.2, 0) is 26.7 Å². The summed E-state index contributed by atoms with van der Waals surface area (Å²) < 4.78 is 17.0. The van der Waals surface area contributed by atoms with Gasteiger partial charge in [0.25, 0.3) is 5.91 Å². The van der Waals surface area contributed by atoms with Gasteiger partial charge in [0.15, 0.2) is 0 Å². The van der Waals surface area contributed by atoms with Crippen LogP contribution in [0.2, 0.25) is 0 Å². The molecule has 0 radical (unpaired) electrons. The van der Waals surface area contributed by atoms with Gasteiger partial charge in [-0.3, -0.25) is 14.4 Å². The van der Waals surface area contributed by atoms with E-state index in [2.05, 4.69) is 20.6 Å². The van der Waals surface area contributed by atoms with Crippen molar-refractivity contribution in [2.45, 2.75) is 39.9 Å². The molecule has 5 rings (SSSR count). The molecule has 0 bridgehead atoms. The third-order valence-electron chi connectivity index (χ3n) is 7.89. The van der Waals surface area contributed by atoms with Crippen molar-refractivity contribution < 1.29 is 24.2 Å². The van der Waals surface area contributed by atoms with Crippen molar-refractivity contribution in [2.75, 3.05) is 31.5 Å². The molecular weight excluding hydrogens is 565 g/mol. The second-order valence-electron chi connectivity index (χ2n) is 11.0. The second-order valence-corrected chi connectivity index (χ2v) is 11.0. The number of benzene rings is 2. The summed E-state index contributed by atoms with van der Waals surface area (Å²) in [6, 6.07) is 8.55. The summed E-state index contributed by atoms with van der Waals surface area (Å²) in [5.41, 5.74) is 3.70. The maximum Gasteiger partial charge on any atom is 0.317 e. The van der Waals surface area contributed by atoms with Crippen LogP contribution >= 0.6 is 0 Å². The summed E-state index contributed by atoms with van der Waals surface area (Å²) in [6.45, 7) is 6.89. The minimum Gasteiger partial charge on any atom is -0.508 e. The maximum absolute atomic E-state index is 15.3. The van der Waals surface area contributed by atoms with Crippen LogP contribution in [0, 0.1) is 5.82 Å². The topological polar surface area (TPSA) is 126 Å². The predicted molar refractivity (Wildman–Crippen MR) is 164 cm³/mol. The number of aromatic nitrogens is 2. The molecule has 1 aromatic heterocycles. The van der Waals surface area contributed by atoms with E-state index in [0.29, 0.717) is 44.8 Å². The first kappa shape index (κ1) is 30.6. The molecule has 0 aliphatic carbocycles. The molecule has 2 aliphatic heterocycles. The summed E-state index contributed by atoms with van der Waals surface area (Å²) in [5, 5.41) is 30.0. The van der Waals surface area contributed by atoms with Gasteiger partial charge < -0.3 is 30.6 Å². The number of carbonyl (C=O) groups excluding carboxylic acids is 2. The molecule has 3 heterocycles. The Morgan fingerprint density at radius 3 is 2.48 bits per heavy atom. The van der Waals surface area contributed by atoms with Crippen molar-refractivity contribution in [1.82, 2.24) is 29.8 Å². The van der Waals surface area contributed by atoms with Gasteiger partial charge in [-0.05, 0) is 49.2 Å². The lowest BCUT2D eigenvalue weighted by Crippen LogP contribution is -2.51. The number of rotatable bonds is 7. The Morgan fingerprint density at radius 1 is 1.09 bits per heavy atom. The standard InChI is InChI=1S/C32H38FN7O4/c1-4-6-29-28(5-2)36-30-24(18-35-37(30)3)20-40(29)31(43)22-7-8-23(27(33)15-22)17-34-32(44)39-11-9-38(10-12-39)19-21-13-25(41)16-26(42)14-21/h4,6-8,13-16,18,36,41-42H,5,9-12,17,19-20H2,1-3H3,(H,34,44)/b6-4-. The van der Waals surface area contributed by atoms with E-state index in [1.807, 2.05) is 33.0 Å². The number of fused-ring (bicyclic) bond motifs is 1. The largest absolute Gasteiger partial charge is 0.508 e. The van der Waals surface area contributed by atoms with Gasteiger partial charge in [-0.1, -0.05) is 19.1 Å². The highest BCUT2D eigenvalue weighted by atomic mass is 19.1. The summed E-state index contributed by atoms with van der Waals surface area (Å²) in [6.07, 6.45) is 6.12. The highest BCUT2D eigenvalue weighted by molar-refractivity contribution is 5.96. The van der Waals surface area contributed by atoms with E-state index in [-0.39, 0.29) is 47.7 Å². The van der Waals surface area contributed by atoms with Crippen LogP contribution < -0.4 is 10.6 Å². The predicted octanol–water partition coefficient (Wildman–Crippen LogP) is 4.26. The molecular formula is C32H38FN7O4. The zero-order valence-electron chi connectivity index (χ0n) is 25.2. The molecule has 3 aromatic rings. The SMILES string of the molecule is C/C=C\C1=C(CC)Nc2c(cnn2C)CN1C(=O)c1ccc(CNC(=O)N2CCN(Cc3cc(O)cc(O)c3)CC2)c(F)c1. The smallest absolute Gasteiger partial charge is 0.317 e. The van der Waals surface area contributed by atoms with Crippen LogP contribution in [0.3, 0.4) is 0 Å². The number of carbonyl (C=O) groups is 2. The molecule has 11 nitrogen and oxygen atoms in total. The molecule has 0 atom stereocenters. The van der Waals surface area contributed by atoms with Crippen LogP contribution in [-0.4, -0.2) is 72.8 Å². The molecule has 1 fully saturated rings. The Kier molecular flexibility index (Phi) is 9.19. The number of piperazine rings is 1. The lowest BCUT2D eigenvalue weighted by Gasteiger charge is -2.34. The number of phenolic OH excluding ortho intramolecular Hbond substituents is 2. The lowest BCUT2D eigenvalue weighted by molar-refractivity contribution is 0.0800. The molecule has 0 spiro atoms. The van der Waals surface area contributed by atoms with Crippen LogP contribution in [0.15, 0.2) is 66.1 Å². The summed E-state index contributed by atoms with van der Waals surface area (Å²) in [7, 11) is 1.84. The Bertz CT molecular complexity index is 1590. The molecule has 44 heavy (non-hydrogen) atoms. The fourth-order valence-electron chi connectivity index (χ4n) is 5.56. The van der Waals surface area contributed by atoms with Gasteiger partial charge in [0.05, 0.1) is 18.4 Å². The normalized spacial score (nSPS) is 15.7. The number of aromatic hydroxyl groups is 2. The average Bonchev–Trinajstić information content (AvgIpc) is 3.25. The number of nitrogens with one attached hydrogen (secondary N) is 2. The first-order chi connectivity index (χ1) is 21.2. The zero-order chi connectivity index (χ0) is 31.4. The number of urea groups is 1.